The highest BCUT2D eigenvalue weighted by molar-refractivity contribution is 7.23. The molecule has 2 aromatic heterocycles. The molecule has 0 spiro atoms. The van der Waals surface area contributed by atoms with E-state index in [1.165, 1.54) is 15.8 Å². The second-order valence-electron chi connectivity index (χ2n) is 4.50. The molecule has 88 valence electrons. The van der Waals surface area contributed by atoms with Crippen LogP contribution in [0.2, 0.25) is 0 Å². The highest BCUT2D eigenvalue weighted by Gasteiger charge is 2.06. The molecule has 0 aliphatic heterocycles. The Bertz CT molecular complexity index is 651. The van der Waals surface area contributed by atoms with Crippen molar-refractivity contribution in [3.05, 3.63) is 36.2 Å². The standard InChI is InChI=1S/C13H15N3S/c1-9(14)2-3-10-4-5-11-12(8-10)17-13-15-6-7-16(11)13/h4-9H,2-3,14H2,1H3. The van der Waals surface area contributed by atoms with Crippen LogP contribution in [0.15, 0.2) is 30.6 Å². The molecule has 3 aromatic rings. The molecule has 1 atom stereocenters. The average Bonchev–Trinajstić information content (AvgIpc) is 2.85. The lowest BCUT2D eigenvalue weighted by molar-refractivity contribution is 0.666. The van der Waals surface area contributed by atoms with Gasteiger partial charge in [0.25, 0.3) is 0 Å². The van der Waals surface area contributed by atoms with Crippen molar-refractivity contribution in [1.29, 1.82) is 0 Å². The summed E-state index contributed by atoms with van der Waals surface area (Å²) in [7, 11) is 0. The van der Waals surface area contributed by atoms with Gasteiger partial charge in [-0.25, -0.2) is 4.98 Å². The lowest BCUT2D eigenvalue weighted by Gasteiger charge is -2.04. The minimum absolute atomic E-state index is 0.270. The van der Waals surface area contributed by atoms with Gasteiger partial charge in [-0.2, -0.15) is 0 Å². The Morgan fingerprint density at radius 2 is 2.35 bits per heavy atom. The Labute approximate surface area is 104 Å². The van der Waals surface area contributed by atoms with E-state index in [4.69, 9.17) is 5.73 Å². The zero-order chi connectivity index (χ0) is 11.8. The monoisotopic (exact) mass is 245 g/mol. The third kappa shape index (κ3) is 1.94. The molecule has 2 heterocycles. The average molecular weight is 245 g/mol. The summed E-state index contributed by atoms with van der Waals surface area (Å²) in [5, 5.41) is 0. The number of aryl methyl sites for hydroxylation is 1. The van der Waals surface area contributed by atoms with Crippen LogP contribution in [0.5, 0.6) is 0 Å². The summed E-state index contributed by atoms with van der Waals surface area (Å²) in [4.78, 5) is 5.38. The van der Waals surface area contributed by atoms with Gasteiger partial charge in [-0.05, 0) is 37.5 Å². The molecule has 1 unspecified atom stereocenters. The van der Waals surface area contributed by atoms with Crippen molar-refractivity contribution in [2.45, 2.75) is 25.8 Å². The first-order valence-corrected chi connectivity index (χ1v) is 6.66. The highest BCUT2D eigenvalue weighted by atomic mass is 32.1. The molecule has 0 aliphatic carbocycles. The predicted molar refractivity (Wildman–Crippen MR) is 72.5 cm³/mol. The molecule has 0 saturated carbocycles. The minimum Gasteiger partial charge on any atom is -0.328 e. The van der Waals surface area contributed by atoms with E-state index >= 15 is 0 Å². The van der Waals surface area contributed by atoms with Gasteiger partial charge in [-0.1, -0.05) is 17.4 Å². The van der Waals surface area contributed by atoms with E-state index in [1.807, 2.05) is 12.4 Å². The molecular formula is C13H15N3S. The molecule has 17 heavy (non-hydrogen) atoms. The first-order valence-electron chi connectivity index (χ1n) is 5.84. The molecule has 3 nitrogen and oxygen atoms in total. The lowest BCUT2D eigenvalue weighted by Crippen LogP contribution is -2.15. The summed E-state index contributed by atoms with van der Waals surface area (Å²) in [6.07, 6.45) is 5.94. The van der Waals surface area contributed by atoms with Crippen molar-refractivity contribution in [2.75, 3.05) is 0 Å². The minimum atomic E-state index is 0.270. The van der Waals surface area contributed by atoms with E-state index in [0.717, 1.165) is 17.8 Å². The van der Waals surface area contributed by atoms with Crippen LogP contribution < -0.4 is 5.73 Å². The zero-order valence-electron chi connectivity index (χ0n) is 9.76. The van der Waals surface area contributed by atoms with Gasteiger partial charge in [0.05, 0.1) is 10.2 Å². The highest BCUT2D eigenvalue weighted by Crippen LogP contribution is 2.26. The van der Waals surface area contributed by atoms with Gasteiger partial charge in [-0.15, -0.1) is 0 Å². The zero-order valence-corrected chi connectivity index (χ0v) is 10.6. The number of hydrogen-bond acceptors (Lipinski definition) is 3. The molecule has 3 rings (SSSR count). The molecule has 0 radical (unpaired) electrons. The van der Waals surface area contributed by atoms with Crippen molar-refractivity contribution >= 4 is 26.5 Å². The maximum Gasteiger partial charge on any atom is 0.194 e. The molecule has 0 fully saturated rings. The van der Waals surface area contributed by atoms with Crippen LogP contribution in [-0.2, 0) is 6.42 Å². The number of rotatable bonds is 3. The first-order chi connectivity index (χ1) is 8.24. The smallest absolute Gasteiger partial charge is 0.194 e. The van der Waals surface area contributed by atoms with Gasteiger partial charge in [0, 0.05) is 18.4 Å². The molecular weight excluding hydrogens is 230 g/mol. The molecule has 0 aliphatic rings. The van der Waals surface area contributed by atoms with E-state index in [2.05, 4.69) is 34.5 Å². The van der Waals surface area contributed by atoms with Crippen LogP contribution in [0.4, 0.5) is 0 Å². The van der Waals surface area contributed by atoms with E-state index in [0.29, 0.717) is 0 Å². The Hall–Kier alpha value is -1.39. The number of imidazole rings is 1. The normalized spacial score (nSPS) is 13.5. The molecule has 0 bridgehead atoms. The summed E-state index contributed by atoms with van der Waals surface area (Å²) in [5.41, 5.74) is 8.39. The summed E-state index contributed by atoms with van der Waals surface area (Å²) in [6, 6.07) is 6.90. The summed E-state index contributed by atoms with van der Waals surface area (Å²) in [6.45, 7) is 2.05. The van der Waals surface area contributed by atoms with Gasteiger partial charge >= 0.3 is 0 Å². The Morgan fingerprint density at radius 1 is 1.47 bits per heavy atom. The Balaban J connectivity index is 2.00. The van der Waals surface area contributed by atoms with Gasteiger partial charge in [-0.3, -0.25) is 4.40 Å². The van der Waals surface area contributed by atoms with E-state index in [9.17, 15) is 0 Å². The second kappa shape index (κ2) is 4.13. The number of hydrogen-bond donors (Lipinski definition) is 1. The molecule has 0 amide bonds. The quantitative estimate of drug-likeness (QED) is 0.771. The molecule has 2 N–H and O–H groups in total. The fraction of sp³-hybridized carbons (Fsp3) is 0.308. The van der Waals surface area contributed by atoms with Crippen molar-refractivity contribution in [3.8, 4) is 0 Å². The van der Waals surface area contributed by atoms with Gasteiger partial charge in [0.1, 0.15) is 0 Å². The lowest BCUT2D eigenvalue weighted by atomic mass is 10.1. The number of benzene rings is 1. The third-order valence-corrected chi connectivity index (χ3v) is 4.01. The topological polar surface area (TPSA) is 43.3 Å². The summed E-state index contributed by atoms with van der Waals surface area (Å²) >= 11 is 1.74. The van der Waals surface area contributed by atoms with Crippen LogP contribution in [0, 0.1) is 0 Å². The van der Waals surface area contributed by atoms with E-state index < -0.39 is 0 Å². The number of fused-ring (bicyclic) bond motifs is 3. The maximum atomic E-state index is 5.79. The second-order valence-corrected chi connectivity index (χ2v) is 5.51. The number of thiazole rings is 1. The van der Waals surface area contributed by atoms with Crippen LogP contribution in [-0.4, -0.2) is 15.4 Å². The summed E-state index contributed by atoms with van der Waals surface area (Å²) < 4.78 is 3.44. The van der Waals surface area contributed by atoms with E-state index in [-0.39, 0.29) is 6.04 Å². The number of nitrogens with two attached hydrogens (primary N) is 1. The molecule has 1 aromatic carbocycles. The van der Waals surface area contributed by atoms with Crippen molar-refractivity contribution in [2.24, 2.45) is 5.73 Å². The Kier molecular flexibility index (Phi) is 2.61. The summed E-state index contributed by atoms with van der Waals surface area (Å²) in [5.74, 6) is 0. The Morgan fingerprint density at radius 3 is 3.18 bits per heavy atom. The van der Waals surface area contributed by atoms with Crippen molar-refractivity contribution in [1.82, 2.24) is 9.38 Å². The van der Waals surface area contributed by atoms with Crippen LogP contribution >= 0.6 is 11.3 Å². The first kappa shape index (κ1) is 10.7. The fourth-order valence-corrected chi connectivity index (χ4v) is 3.09. The van der Waals surface area contributed by atoms with Crippen molar-refractivity contribution in [3.63, 3.8) is 0 Å². The number of nitrogens with zero attached hydrogens (tertiary/aromatic N) is 2. The van der Waals surface area contributed by atoms with Crippen molar-refractivity contribution < 1.29 is 0 Å². The van der Waals surface area contributed by atoms with Crippen LogP contribution in [0.1, 0.15) is 18.9 Å². The van der Waals surface area contributed by atoms with Gasteiger partial charge in [0.15, 0.2) is 4.96 Å². The van der Waals surface area contributed by atoms with E-state index in [1.54, 1.807) is 11.3 Å². The molecule has 0 saturated heterocycles. The molecule has 4 heteroatoms. The maximum absolute atomic E-state index is 5.79. The largest absolute Gasteiger partial charge is 0.328 e. The van der Waals surface area contributed by atoms with Crippen LogP contribution in [0.25, 0.3) is 15.2 Å². The SMILES string of the molecule is CC(N)CCc1ccc2c(c1)sc1nccn12. The van der Waals surface area contributed by atoms with Gasteiger partial charge in [0.2, 0.25) is 0 Å². The van der Waals surface area contributed by atoms with Crippen LogP contribution in [0.3, 0.4) is 0 Å². The third-order valence-electron chi connectivity index (χ3n) is 2.98. The predicted octanol–water partition coefficient (Wildman–Crippen LogP) is 2.83. The number of aromatic nitrogens is 2. The fourth-order valence-electron chi connectivity index (χ4n) is 2.04. The van der Waals surface area contributed by atoms with Gasteiger partial charge < -0.3 is 5.73 Å².